The molecule has 0 aromatic rings. The van der Waals surface area contributed by atoms with Gasteiger partial charge in [-0.3, -0.25) is 0 Å². The highest BCUT2D eigenvalue weighted by atomic mass is 79.9. The topological polar surface area (TPSA) is 34.1 Å². The van der Waals surface area contributed by atoms with Gasteiger partial charge in [0.25, 0.3) is 0 Å². The van der Waals surface area contributed by atoms with Crippen molar-refractivity contribution in [2.24, 2.45) is 5.41 Å². The molecule has 0 unspecified atom stereocenters. The van der Waals surface area contributed by atoms with Crippen LogP contribution in [0.4, 0.5) is 0 Å². The molecule has 0 spiro atoms. The molecule has 0 aliphatic heterocycles. The number of rotatable bonds is 7. The van der Waals surface area contributed by atoms with E-state index in [0.717, 1.165) is 31.0 Å². The summed E-state index contributed by atoms with van der Waals surface area (Å²) >= 11 is 3.53. The minimum Gasteiger partial charge on any atom is -0.228 e. The van der Waals surface area contributed by atoms with Gasteiger partial charge in [0.15, 0.2) is 9.84 Å². The van der Waals surface area contributed by atoms with Gasteiger partial charge in [-0.05, 0) is 39.0 Å². The van der Waals surface area contributed by atoms with E-state index in [2.05, 4.69) is 29.8 Å². The Morgan fingerprint density at radius 3 is 1.65 bits per heavy atom. The van der Waals surface area contributed by atoms with E-state index in [-0.39, 0.29) is 5.41 Å². The maximum atomic E-state index is 12.4. The molecule has 0 saturated heterocycles. The first kappa shape index (κ1) is 17.4. The van der Waals surface area contributed by atoms with Crippen molar-refractivity contribution in [2.45, 2.75) is 65.0 Å². The van der Waals surface area contributed by atoms with E-state index in [1.54, 1.807) is 20.8 Å². The average molecular weight is 327 g/mol. The van der Waals surface area contributed by atoms with E-state index in [1.165, 1.54) is 0 Å². The smallest absolute Gasteiger partial charge is 0.155 e. The molecule has 0 radical (unpaired) electrons. The molecule has 0 aliphatic rings. The molecular formula is C13H27BrO2S. The zero-order valence-corrected chi connectivity index (χ0v) is 14.2. The zero-order chi connectivity index (χ0) is 13.7. The van der Waals surface area contributed by atoms with Gasteiger partial charge in [-0.25, -0.2) is 8.42 Å². The summed E-state index contributed by atoms with van der Waals surface area (Å²) < 4.78 is 24.1. The van der Waals surface area contributed by atoms with Crippen molar-refractivity contribution >= 4 is 25.8 Å². The lowest BCUT2D eigenvalue weighted by Crippen LogP contribution is -2.40. The van der Waals surface area contributed by atoms with Crippen LogP contribution in [0.25, 0.3) is 0 Å². The number of hydrogen-bond donors (Lipinski definition) is 0. The highest BCUT2D eigenvalue weighted by molar-refractivity contribution is 9.09. The quantitative estimate of drug-likeness (QED) is 0.657. The Balaban J connectivity index is 5.11. The van der Waals surface area contributed by atoms with Gasteiger partial charge in [-0.2, -0.15) is 0 Å². The first-order chi connectivity index (χ1) is 7.64. The fourth-order valence-electron chi connectivity index (χ4n) is 2.12. The van der Waals surface area contributed by atoms with Crippen LogP contribution in [-0.2, 0) is 9.84 Å². The SMILES string of the molecule is CCCC(CBr)(CCC)CS(=O)(=O)C(C)(C)C. The summed E-state index contributed by atoms with van der Waals surface area (Å²) in [5, 5.41) is 0.775. The minimum atomic E-state index is -3.04. The van der Waals surface area contributed by atoms with Gasteiger partial charge >= 0.3 is 0 Å². The summed E-state index contributed by atoms with van der Waals surface area (Å²) in [5.41, 5.74) is -0.0877. The lowest BCUT2D eigenvalue weighted by molar-refractivity contribution is 0.312. The van der Waals surface area contributed by atoms with Crippen LogP contribution in [0.2, 0.25) is 0 Å². The minimum absolute atomic E-state index is 0.0877. The van der Waals surface area contributed by atoms with Gasteiger partial charge in [0.05, 0.1) is 10.5 Å². The third kappa shape index (κ3) is 4.90. The second kappa shape index (κ2) is 6.55. The van der Waals surface area contributed by atoms with Crippen LogP contribution in [0.1, 0.15) is 60.3 Å². The third-order valence-corrected chi connectivity index (χ3v) is 7.32. The second-order valence-electron chi connectivity index (χ2n) is 6.01. The Labute approximate surface area is 116 Å². The lowest BCUT2D eigenvalue weighted by Gasteiger charge is -2.34. The molecule has 0 aromatic heterocycles. The second-order valence-corrected chi connectivity index (χ2v) is 9.31. The summed E-state index contributed by atoms with van der Waals surface area (Å²) in [6.45, 7) is 9.62. The van der Waals surface area contributed by atoms with Crippen LogP contribution in [0.5, 0.6) is 0 Å². The molecule has 0 atom stereocenters. The van der Waals surface area contributed by atoms with E-state index in [4.69, 9.17) is 0 Å². The van der Waals surface area contributed by atoms with Crippen molar-refractivity contribution in [1.29, 1.82) is 0 Å². The van der Waals surface area contributed by atoms with Crippen LogP contribution in [0, 0.1) is 5.41 Å². The third-order valence-electron chi connectivity index (χ3n) is 3.27. The summed E-state index contributed by atoms with van der Waals surface area (Å²) in [6.07, 6.45) is 4.01. The van der Waals surface area contributed by atoms with E-state index in [9.17, 15) is 8.42 Å². The van der Waals surface area contributed by atoms with E-state index in [0.29, 0.717) is 5.75 Å². The molecule has 104 valence electrons. The van der Waals surface area contributed by atoms with E-state index in [1.807, 2.05) is 0 Å². The summed E-state index contributed by atoms with van der Waals surface area (Å²) in [7, 11) is -3.04. The summed E-state index contributed by atoms with van der Waals surface area (Å²) in [5.74, 6) is 0.302. The molecule has 17 heavy (non-hydrogen) atoms. The van der Waals surface area contributed by atoms with Crippen LogP contribution in [0.15, 0.2) is 0 Å². The Hall–Kier alpha value is 0.430. The van der Waals surface area contributed by atoms with Gasteiger partial charge in [-0.1, -0.05) is 42.6 Å². The number of hydrogen-bond acceptors (Lipinski definition) is 2. The van der Waals surface area contributed by atoms with E-state index < -0.39 is 14.6 Å². The molecule has 0 N–H and O–H groups in total. The molecule has 0 saturated carbocycles. The van der Waals surface area contributed by atoms with Gasteiger partial charge < -0.3 is 0 Å². The van der Waals surface area contributed by atoms with Crippen molar-refractivity contribution in [3.8, 4) is 0 Å². The molecule has 2 nitrogen and oxygen atoms in total. The fourth-order valence-corrected chi connectivity index (χ4v) is 4.77. The maximum Gasteiger partial charge on any atom is 0.155 e. The van der Waals surface area contributed by atoms with Gasteiger partial charge in [0.2, 0.25) is 0 Å². The maximum absolute atomic E-state index is 12.4. The largest absolute Gasteiger partial charge is 0.228 e. The molecule has 0 aliphatic carbocycles. The molecule has 0 rings (SSSR count). The first-order valence-electron chi connectivity index (χ1n) is 6.42. The van der Waals surface area contributed by atoms with Crippen LogP contribution in [-0.4, -0.2) is 24.2 Å². The number of halogens is 1. The molecule has 0 aromatic carbocycles. The van der Waals surface area contributed by atoms with Crippen LogP contribution >= 0.6 is 15.9 Å². The standard InChI is InChI=1S/C13H27BrO2S/c1-6-8-13(10-14,9-7-2)11-17(15,16)12(3,4)5/h6-11H2,1-5H3. The Morgan fingerprint density at radius 2 is 1.41 bits per heavy atom. The van der Waals surface area contributed by atoms with Crippen molar-refractivity contribution in [1.82, 2.24) is 0 Å². The molecular weight excluding hydrogens is 300 g/mol. The fraction of sp³-hybridized carbons (Fsp3) is 1.00. The highest BCUT2D eigenvalue weighted by Crippen LogP contribution is 2.36. The highest BCUT2D eigenvalue weighted by Gasteiger charge is 2.38. The molecule has 4 heteroatoms. The van der Waals surface area contributed by atoms with Crippen molar-refractivity contribution in [3.63, 3.8) is 0 Å². The van der Waals surface area contributed by atoms with Gasteiger partial charge in [0, 0.05) is 5.33 Å². The average Bonchev–Trinajstić information content (AvgIpc) is 2.16. The number of alkyl halides is 1. The van der Waals surface area contributed by atoms with Crippen molar-refractivity contribution in [3.05, 3.63) is 0 Å². The van der Waals surface area contributed by atoms with E-state index >= 15 is 0 Å². The Morgan fingerprint density at radius 1 is 1.00 bits per heavy atom. The van der Waals surface area contributed by atoms with Crippen molar-refractivity contribution < 1.29 is 8.42 Å². The molecule has 0 heterocycles. The Kier molecular flexibility index (Phi) is 6.72. The monoisotopic (exact) mass is 326 g/mol. The van der Waals surface area contributed by atoms with Crippen molar-refractivity contribution in [2.75, 3.05) is 11.1 Å². The molecule has 0 fully saturated rings. The summed E-state index contributed by atoms with van der Waals surface area (Å²) in [4.78, 5) is 0. The first-order valence-corrected chi connectivity index (χ1v) is 9.20. The Bertz CT molecular complexity index is 309. The van der Waals surface area contributed by atoms with Gasteiger partial charge in [-0.15, -0.1) is 0 Å². The molecule has 0 amide bonds. The predicted molar refractivity (Wildman–Crippen MR) is 79.6 cm³/mol. The zero-order valence-electron chi connectivity index (χ0n) is 11.8. The lowest BCUT2D eigenvalue weighted by atomic mass is 9.83. The van der Waals surface area contributed by atoms with Crippen LogP contribution in [0.3, 0.4) is 0 Å². The van der Waals surface area contributed by atoms with Crippen LogP contribution < -0.4 is 0 Å². The predicted octanol–water partition coefficient (Wildman–Crippen LogP) is 4.18. The number of sulfone groups is 1. The molecule has 0 bridgehead atoms. The summed E-state index contributed by atoms with van der Waals surface area (Å²) in [6, 6.07) is 0. The normalized spacial score (nSPS) is 14.0. The van der Waals surface area contributed by atoms with Gasteiger partial charge in [0.1, 0.15) is 0 Å².